The fraction of sp³-hybridized carbons (Fsp3) is 0.278. The average Bonchev–Trinajstić information content (AvgIpc) is 2.55. The minimum Gasteiger partial charge on any atom is -0.315 e. The summed E-state index contributed by atoms with van der Waals surface area (Å²) in [5, 5.41) is 3.92. The summed E-state index contributed by atoms with van der Waals surface area (Å²) in [6.45, 7) is 6.63. The van der Waals surface area contributed by atoms with Crippen LogP contribution in [-0.4, -0.2) is 16.7 Å². The van der Waals surface area contributed by atoms with Crippen LogP contribution in [-0.2, 0) is 6.54 Å². The quantitative estimate of drug-likeness (QED) is 0.681. The van der Waals surface area contributed by atoms with E-state index in [4.69, 9.17) is 0 Å². The van der Waals surface area contributed by atoms with Crippen LogP contribution >= 0.6 is 0 Å². The highest BCUT2D eigenvalue weighted by Gasteiger charge is 2.10. The molecule has 5 heteroatoms. The molecule has 1 amide bonds. The van der Waals surface area contributed by atoms with Gasteiger partial charge in [-0.15, -0.1) is 0 Å². The lowest BCUT2D eigenvalue weighted by Crippen LogP contribution is -2.30. The summed E-state index contributed by atoms with van der Waals surface area (Å²) < 4.78 is 1.48. The zero-order valence-electron chi connectivity index (χ0n) is 13.6. The number of hydrazone groups is 1. The second-order valence-electron chi connectivity index (χ2n) is 5.53. The molecule has 0 unspecified atom stereocenters. The molecule has 1 aromatic heterocycles. The van der Waals surface area contributed by atoms with Crippen molar-refractivity contribution in [2.45, 2.75) is 33.2 Å². The van der Waals surface area contributed by atoms with Gasteiger partial charge in [0.05, 0.1) is 6.21 Å². The standard InChI is InChI=1S/C18H21N3O2/c1-4-21-11-5-6-16(18(21)23)17(22)20-19-12-14-7-9-15(10-8-14)13(2)3/h5-13H,4H2,1-3H3,(H,20,22)/b19-12-. The van der Waals surface area contributed by atoms with Gasteiger partial charge in [-0.05, 0) is 36.1 Å². The highest BCUT2D eigenvalue weighted by molar-refractivity contribution is 5.94. The first-order chi connectivity index (χ1) is 11.0. The predicted molar refractivity (Wildman–Crippen MR) is 92.0 cm³/mol. The molecule has 120 valence electrons. The first-order valence-corrected chi connectivity index (χ1v) is 7.65. The Labute approximate surface area is 135 Å². The van der Waals surface area contributed by atoms with Crippen LogP contribution < -0.4 is 11.0 Å². The summed E-state index contributed by atoms with van der Waals surface area (Å²) in [6, 6.07) is 11.1. The molecule has 1 N–H and O–H groups in total. The molecule has 0 aliphatic rings. The fourth-order valence-electron chi connectivity index (χ4n) is 2.15. The zero-order chi connectivity index (χ0) is 16.8. The average molecular weight is 311 g/mol. The summed E-state index contributed by atoms with van der Waals surface area (Å²) in [5.41, 5.74) is 4.29. The van der Waals surface area contributed by atoms with Gasteiger partial charge in [-0.25, -0.2) is 5.43 Å². The van der Waals surface area contributed by atoms with Crippen LogP contribution in [0.15, 0.2) is 52.5 Å². The third-order valence-electron chi connectivity index (χ3n) is 3.59. The van der Waals surface area contributed by atoms with E-state index in [9.17, 15) is 9.59 Å². The summed E-state index contributed by atoms with van der Waals surface area (Å²) in [4.78, 5) is 24.1. The maximum atomic E-state index is 12.0. The SMILES string of the molecule is CCn1cccc(C(=O)N/N=C\c2ccc(C(C)C)cc2)c1=O. The van der Waals surface area contributed by atoms with Gasteiger partial charge in [0.2, 0.25) is 0 Å². The van der Waals surface area contributed by atoms with Crippen LogP contribution in [0.25, 0.3) is 0 Å². The van der Waals surface area contributed by atoms with E-state index in [2.05, 4.69) is 24.4 Å². The molecule has 0 radical (unpaired) electrons. The molecular weight excluding hydrogens is 290 g/mol. The summed E-state index contributed by atoms with van der Waals surface area (Å²) >= 11 is 0. The molecular formula is C18H21N3O2. The second-order valence-corrected chi connectivity index (χ2v) is 5.53. The van der Waals surface area contributed by atoms with Crippen molar-refractivity contribution < 1.29 is 4.79 Å². The first kappa shape index (κ1) is 16.7. The van der Waals surface area contributed by atoms with Crippen molar-refractivity contribution in [3.63, 3.8) is 0 Å². The number of nitrogens with zero attached hydrogens (tertiary/aromatic N) is 2. The smallest absolute Gasteiger partial charge is 0.276 e. The van der Waals surface area contributed by atoms with Gasteiger partial charge in [0.15, 0.2) is 0 Å². The van der Waals surface area contributed by atoms with Gasteiger partial charge in [-0.2, -0.15) is 5.10 Å². The monoisotopic (exact) mass is 311 g/mol. The van der Waals surface area contributed by atoms with Crippen LogP contribution in [0.3, 0.4) is 0 Å². The molecule has 0 saturated heterocycles. The van der Waals surface area contributed by atoms with E-state index in [0.29, 0.717) is 12.5 Å². The topological polar surface area (TPSA) is 63.5 Å². The number of amides is 1. The number of rotatable bonds is 5. The van der Waals surface area contributed by atoms with Crippen molar-refractivity contribution in [2.24, 2.45) is 5.10 Å². The van der Waals surface area contributed by atoms with Crippen molar-refractivity contribution in [1.29, 1.82) is 0 Å². The maximum Gasteiger partial charge on any atom is 0.276 e. The number of benzene rings is 1. The molecule has 23 heavy (non-hydrogen) atoms. The lowest BCUT2D eigenvalue weighted by Gasteiger charge is -2.05. The van der Waals surface area contributed by atoms with Gasteiger partial charge < -0.3 is 4.57 Å². The van der Waals surface area contributed by atoms with Crippen molar-refractivity contribution >= 4 is 12.1 Å². The molecule has 1 heterocycles. The third kappa shape index (κ3) is 4.16. The number of hydrogen-bond acceptors (Lipinski definition) is 3. The van der Waals surface area contributed by atoms with E-state index in [1.54, 1.807) is 18.5 Å². The van der Waals surface area contributed by atoms with Gasteiger partial charge >= 0.3 is 0 Å². The van der Waals surface area contributed by atoms with Crippen LogP contribution in [0.5, 0.6) is 0 Å². The molecule has 0 aliphatic carbocycles. The largest absolute Gasteiger partial charge is 0.315 e. The van der Waals surface area contributed by atoms with Crippen LogP contribution in [0, 0.1) is 0 Å². The van der Waals surface area contributed by atoms with Gasteiger partial charge in [0.1, 0.15) is 5.56 Å². The van der Waals surface area contributed by atoms with E-state index < -0.39 is 5.91 Å². The molecule has 0 bridgehead atoms. The Morgan fingerprint density at radius 3 is 2.57 bits per heavy atom. The fourth-order valence-corrected chi connectivity index (χ4v) is 2.15. The number of nitrogens with one attached hydrogen (secondary N) is 1. The molecule has 0 atom stereocenters. The Kier molecular flexibility index (Phi) is 5.46. The summed E-state index contributed by atoms with van der Waals surface area (Å²) in [5.74, 6) is -0.0349. The molecule has 2 rings (SSSR count). The number of aromatic nitrogens is 1. The molecule has 2 aromatic rings. The zero-order valence-corrected chi connectivity index (χ0v) is 13.6. The van der Waals surface area contributed by atoms with Crippen molar-refractivity contribution in [3.05, 3.63) is 69.6 Å². The first-order valence-electron chi connectivity index (χ1n) is 7.65. The van der Waals surface area contributed by atoms with E-state index in [-0.39, 0.29) is 11.1 Å². The second kappa shape index (κ2) is 7.54. The number of carbonyl (C=O) groups excluding carboxylic acids is 1. The van der Waals surface area contributed by atoms with E-state index in [1.807, 2.05) is 31.2 Å². The highest BCUT2D eigenvalue weighted by Crippen LogP contribution is 2.13. The lowest BCUT2D eigenvalue weighted by molar-refractivity contribution is 0.0953. The van der Waals surface area contributed by atoms with Crippen LogP contribution in [0.1, 0.15) is 48.2 Å². The van der Waals surface area contributed by atoms with Crippen molar-refractivity contribution in [2.75, 3.05) is 0 Å². The Morgan fingerprint density at radius 1 is 1.26 bits per heavy atom. The highest BCUT2D eigenvalue weighted by atomic mass is 16.2. The van der Waals surface area contributed by atoms with Crippen LogP contribution in [0.2, 0.25) is 0 Å². The van der Waals surface area contributed by atoms with Gasteiger partial charge in [0.25, 0.3) is 11.5 Å². The normalized spacial score (nSPS) is 11.1. The maximum absolute atomic E-state index is 12.0. The van der Waals surface area contributed by atoms with Gasteiger partial charge in [-0.1, -0.05) is 38.1 Å². The van der Waals surface area contributed by atoms with Gasteiger partial charge in [-0.3, -0.25) is 9.59 Å². The summed E-state index contributed by atoms with van der Waals surface area (Å²) in [7, 11) is 0. The molecule has 0 aliphatic heterocycles. The van der Waals surface area contributed by atoms with E-state index in [0.717, 1.165) is 5.56 Å². The van der Waals surface area contributed by atoms with Crippen LogP contribution in [0.4, 0.5) is 0 Å². The Balaban J connectivity index is 2.05. The molecule has 5 nitrogen and oxygen atoms in total. The number of hydrogen-bond donors (Lipinski definition) is 1. The Morgan fingerprint density at radius 2 is 1.96 bits per heavy atom. The predicted octanol–water partition coefficient (Wildman–Crippen LogP) is 2.76. The lowest BCUT2D eigenvalue weighted by atomic mass is 10.0. The number of pyridine rings is 1. The third-order valence-corrected chi connectivity index (χ3v) is 3.59. The number of aryl methyl sites for hydroxylation is 1. The Bertz CT molecular complexity index is 759. The molecule has 0 fully saturated rings. The van der Waals surface area contributed by atoms with E-state index in [1.165, 1.54) is 16.2 Å². The molecule has 0 saturated carbocycles. The van der Waals surface area contributed by atoms with Gasteiger partial charge in [0, 0.05) is 12.7 Å². The van der Waals surface area contributed by atoms with Crippen molar-refractivity contribution in [3.8, 4) is 0 Å². The summed E-state index contributed by atoms with van der Waals surface area (Å²) in [6.07, 6.45) is 3.21. The molecule has 1 aromatic carbocycles. The van der Waals surface area contributed by atoms with Crippen molar-refractivity contribution in [1.82, 2.24) is 9.99 Å². The van der Waals surface area contributed by atoms with E-state index >= 15 is 0 Å². The Hall–Kier alpha value is -2.69. The molecule has 0 spiro atoms. The minimum absolute atomic E-state index is 0.0849. The minimum atomic E-state index is -0.507. The number of carbonyl (C=O) groups is 1.